The van der Waals surface area contributed by atoms with E-state index in [0.717, 1.165) is 12.8 Å². The van der Waals surface area contributed by atoms with Crippen LogP contribution in [0.2, 0.25) is 13.1 Å². The molecule has 0 N–H and O–H groups in total. The molecule has 0 aliphatic heterocycles. The molecule has 0 saturated heterocycles. The van der Waals surface area contributed by atoms with Crippen LogP contribution in [0.1, 0.15) is 25.0 Å². The Morgan fingerprint density at radius 3 is 1.36 bits per heavy atom. The van der Waals surface area contributed by atoms with Gasteiger partial charge >= 0.3 is 26.2 Å². The molecule has 180 valence electrons. The second-order valence-electron chi connectivity index (χ2n) is 9.92. The van der Waals surface area contributed by atoms with Crippen LogP contribution in [-0.4, -0.2) is 8.07 Å². The van der Waals surface area contributed by atoms with E-state index in [2.05, 4.69) is 112 Å². The molecule has 0 saturated carbocycles. The van der Waals surface area contributed by atoms with Crippen molar-refractivity contribution in [3.05, 3.63) is 111 Å². The van der Waals surface area contributed by atoms with Crippen LogP contribution >= 0.6 is 0 Å². The van der Waals surface area contributed by atoms with Gasteiger partial charge in [0.05, 0.1) is 0 Å². The summed E-state index contributed by atoms with van der Waals surface area (Å²) in [5, 5.41) is 14.6. The first-order chi connectivity index (χ1) is 16.0. The number of fused-ring (bicyclic) bond motifs is 6. The van der Waals surface area contributed by atoms with E-state index in [0.29, 0.717) is 0 Å². The molecule has 0 spiro atoms. The van der Waals surface area contributed by atoms with E-state index in [1.54, 1.807) is 10.4 Å². The van der Waals surface area contributed by atoms with Crippen LogP contribution in [0.4, 0.5) is 0 Å². The van der Waals surface area contributed by atoms with Gasteiger partial charge < -0.3 is 14.9 Å². The summed E-state index contributed by atoms with van der Waals surface area (Å²) in [5.41, 5.74) is 3.07. The van der Waals surface area contributed by atoms with Gasteiger partial charge in [-0.3, -0.25) is 0 Å². The van der Waals surface area contributed by atoms with Crippen LogP contribution in [-0.2, 0) is 39.0 Å². The molecule has 2 heteroatoms. The van der Waals surface area contributed by atoms with E-state index in [9.17, 15) is 0 Å². The molecule has 0 aromatic heterocycles. The van der Waals surface area contributed by atoms with E-state index in [4.69, 9.17) is 0 Å². The Kier molecular flexibility index (Phi) is 8.33. The fraction of sp³-hybridized carbons (Fsp3) is 0.176. The topological polar surface area (TPSA) is 0 Å². The van der Waals surface area contributed by atoms with Gasteiger partial charge in [0, 0.05) is 8.07 Å². The summed E-state index contributed by atoms with van der Waals surface area (Å²) in [6.45, 7) is 9.84. The van der Waals surface area contributed by atoms with Crippen molar-refractivity contribution in [1.82, 2.24) is 0 Å². The molecule has 0 aliphatic carbocycles. The van der Waals surface area contributed by atoms with Gasteiger partial charge in [-0.2, -0.15) is 10.4 Å². The molecule has 6 aromatic carbocycles. The summed E-state index contributed by atoms with van der Waals surface area (Å²) in [6, 6.07) is 32.1. The first kappa shape index (κ1) is 28.3. The van der Waals surface area contributed by atoms with Gasteiger partial charge in [0.25, 0.3) is 0 Å². The third kappa shape index (κ3) is 4.07. The van der Waals surface area contributed by atoms with Crippen molar-refractivity contribution < 1.29 is 26.2 Å². The van der Waals surface area contributed by atoms with Gasteiger partial charge in [-0.1, -0.05) is 98.4 Å². The molecule has 0 radical (unpaired) electrons. The molecule has 0 nitrogen and oxygen atoms in total. The number of rotatable bonds is 4. The van der Waals surface area contributed by atoms with Crippen LogP contribution in [0.15, 0.2) is 84.9 Å². The minimum Gasteiger partial charge on any atom is -0.358 e. The Bertz CT molecular complexity index is 1540. The quantitative estimate of drug-likeness (QED) is 0.149. The number of benzene rings is 4. The van der Waals surface area contributed by atoms with E-state index < -0.39 is 8.07 Å². The number of hydrogen-bond acceptors (Lipinski definition) is 0. The molecule has 0 heterocycles. The molecular formula is C34H36SiZr. The standard InChI is InChI=1S/C32H30Si.2CH3.Zr/c1-5-21-19-25-17-15-23-11-7-9-13-27(23)29(25)31(21)33(3,4)32-22(6-2)20-26-18-16-24-12-8-10-14-28(24)30(26)32;;;/h7-20H,5-6H2,1-4H3;2*1H3;/q-2;2*-1;+4. The molecule has 36 heavy (non-hydrogen) atoms. The van der Waals surface area contributed by atoms with Gasteiger partial charge in [-0.05, 0) is 23.6 Å². The first-order valence-electron chi connectivity index (χ1n) is 12.3. The molecule has 0 bridgehead atoms. The van der Waals surface area contributed by atoms with Crippen molar-refractivity contribution >= 4 is 61.5 Å². The van der Waals surface area contributed by atoms with E-state index in [1.807, 2.05) is 0 Å². The summed E-state index contributed by atoms with van der Waals surface area (Å²) in [5.74, 6) is 0. The fourth-order valence-corrected chi connectivity index (χ4v) is 10.5. The molecule has 6 aromatic rings. The molecule has 0 unspecified atom stereocenters. The van der Waals surface area contributed by atoms with Crippen molar-refractivity contribution in [3.8, 4) is 0 Å². The van der Waals surface area contributed by atoms with E-state index in [1.165, 1.54) is 54.2 Å². The van der Waals surface area contributed by atoms with Crippen molar-refractivity contribution in [1.29, 1.82) is 0 Å². The average molecular weight is 564 g/mol. The van der Waals surface area contributed by atoms with Gasteiger partial charge in [-0.25, -0.2) is 0 Å². The smallest absolute Gasteiger partial charge is 0.358 e. The second-order valence-corrected chi connectivity index (χ2v) is 14.2. The van der Waals surface area contributed by atoms with Gasteiger partial charge in [-0.15, -0.1) is 56.9 Å². The number of hydrogen-bond donors (Lipinski definition) is 0. The summed E-state index contributed by atoms with van der Waals surface area (Å²) in [6.07, 6.45) is 2.16. The Morgan fingerprint density at radius 2 is 0.972 bits per heavy atom. The maximum Gasteiger partial charge on any atom is 4.00 e. The predicted octanol–water partition coefficient (Wildman–Crippen LogP) is 8.58. The normalized spacial score (nSPS) is 11.4. The van der Waals surface area contributed by atoms with Crippen LogP contribution < -0.4 is 10.4 Å². The zero-order valence-corrected chi connectivity index (χ0v) is 26.0. The zero-order valence-electron chi connectivity index (χ0n) is 22.5. The van der Waals surface area contributed by atoms with Crippen LogP contribution in [0.25, 0.3) is 43.1 Å². The molecule has 0 atom stereocenters. The Labute approximate surface area is 237 Å². The number of aryl methyl sites for hydroxylation is 2. The van der Waals surface area contributed by atoms with Crippen molar-refractivity contribution in [2.24, 2.45) is 0 Å². The molecular weight excluding hydrogens is 528 g/mol. The fourth-order valence-electron chi connectivity index (χ4n) is 6.33. The molecule has 6 rings (SSSR count). The van der Waals surface area contributed by atoms with E-state index >= 15 is 0 Å². The van der Waals surface area contributed by atoms with Crippen molar-refractivity contribution in [2.75, 3.05) is 0 Å². The first-order valence-corrected chi connectivity index (χ1v) is 15.3. The monoisotopic (exact) mass is 562 g/mol. The summed E-state index contributed by atoms with van der Waals surface area (Å²) in [4.78, 5) is 0. The summed E-state index contributed by atoms with van der Waals surface area (Å²) in [7, 11) is -2.05. The third-order valence-electron chi connectivity index (χ3n) is 7.74. The minimum absolute atomic E-state index is 0. The van der Waals surface area contributed by atoms with Crippen molar-refractivity contribution in [3.63, 3.8) is 0 Å². The second kappa shape index (κ2) is 10.6. The summed E-state index contributed by atoms with van der Waals surface area (Å²) < 4.78 is 0. The van der Waals surface area contributed by atoms with Crippen molar-refractivity contribution in [2.45, 2.75) is 39.8 Å². The SMILES string of the molecule is CCc1[cH-]c2ccc3ccccc3c2c1[Si](C)(C)c1c(CC)[cH-]c2ccc3ccccc3c12.[CH3-].[CH3-].[Zr+4]. The van der Waals surface area contributed by atoms with Crippen LogP contribution in [0.3, 0.4) is 0 Å². The molecule has 0 fully saturated rings. The van der Waals surface area contributed by atoms with Gasteiger partial charge in [0.2, 0.25) is 0 Å². The third-order valence-corrected chi connectivity index (χ3v) is 11.4. The Balaban J connectivity index is 0.00000120. The summed E-state index contributed by atoms with van der Waals surface area (Å²) >= 11 is 0. The van der Waals surface area contributed by atoms with Gasteiger partial charge in [0.1, 0.15) is 0 Å². The Hall–Kier alpha value is -2.28. The molecule has 0 amide bonds. The van der Waals surface area contributed by atoms with E-state index in [-0.39, 0.29) is 41.1 Å². The predicted molar refractivity (Wildman–Crippen MR) is 162 cm³/mol. The maximum absolute atomic E-state index is 2.60. The van der Waals surface area contributed by atoms with Crippen LogP contribution in [0.5, 0.6) is 0 Å². The zero-order chi connectivity index (χ0) is 22.7. The average Bonchev–Trinajstić information content (AvgIpc) is 3.43. The Morgan fingerprint density at radius 1 is 0.583 bits per heavy atom. The minimum atomic E-state index is -2.05. The van der Waals surface area contributed by atoms with Gasteiger partial charge in [0.15, 0.2) is 0 Å². The molecule has 0 aliphatic rings. The largest absolute Gasteiger partial charge is 4.00 e. The van der Waals surface area contributed by atoms with Crippen LogP contribution in [0, 0.1) is 14.9 Å². The maximum atomic E-state index is 2.60.